The molecular weight excluding hydrogens is 316 g/mol. The first-order valence-electron chi connectivity index (χ1n) is 7.42. The maximum Gasteiger partial charge on any atom is 0.316 e. The summed E-state index contributed by atoms with van der Waals surface area (Å²) in [5.41, 5.74) is -1.22. The molecule has 0 radical (unpaired) electrons. The van der Waals surface area contributed by atoms with Crippen LogP contribution in [0.3, 0.4) is 0 Å². The van der Waals surface area contributed by atoms with E-state index >= 15 is 0 Å². The Morgan fingerprint density at radius 1 is 1.12 bits per heavy atom. The fourth-order valence-electron chi connectivity index (χ4n) is 3.37. The van der Waals surface area contributed by atoms with Crippen LogP contribution in [-0.4, -0.2) is 47.8 Å². The molecule has 0 bridgehead atoms. The van der Waals surface area contributed by atoms with E-state index in [0.29, 0.717) is 5.56 Å². The molecule has 2 rings (SSSR count). The molecule has 1 aliphatic rings. The quantitative estimate of drug-likeness (QED) is 0.620. The van der Waals surface area contributed by atoms with Crippen molar-refractivity contribution in [2.24, 2.45) is 11.8 Å². The van der Waals surface area contributed by atoms with Crippen molar-refractivity contribution in [2.75, 3.05) is 14.2 Å². The lowest BCUT2D eigenvalue weighted by molar-refractivity contribution is -0.170. The Hall–Kier alpha value is -2.41. The van der Waals surface area contributed by atoms with Crippen LogP contribution in [0, 0.1) is 11.8 Å². The number of aromatic hydroxyl groups is 1. The number of Topliss-reactive ketones (excluding diaryl/α,β-unsaturated/α-hetero) is 1. The number of hydrogen-bond donors (Lipinski definition) is 2. The largest absolute Gasteiger partial charge is 0.508 e. The smallest absolute Gasteiger partial charge is 0.316 e. The van der Waals surface area contributed by atoms with E-state index < -0.39 is 41.1 Å². The van der Waals surface area contributed by atoms with Crippen LogP contribution in [-0.2, 0) is 23.9 Å². The van der Waals surface area contributed by atoms with Gasteiger partial charge in [-0.05, 0) is 24.6 Å². The normalized spacial score (nSPS) is 29.8. The first-order valence-corrected chi connectivity index (χ1v) is 7.42. The van der Waals surface area contributed by atoms with Gasteiger partial charge < -0.3 is 19.7 Å². The van der Waals surface area contributed by atoms with Gasteiger partial charge in [-0.2, -0.15) is 0 Å². The van der Waals surface area contributed by atoms with Crippen LogP contribution in [0.1, 0.15) is 24.8 Å². The highest BCUT2D eigenvalue weighted by molar-refractivity contribution is 6.02. The molecule has 0 saturated heterocycles. The van der Waals surface area contributed by atoms with Crippen molar-refractivity contribution in [1.82, 2.24) is 0 Å². The number of hydrogen-bond acceptors (Lipinski definition) is 7. The van der Waals surface area contributed by atoms with E-state index in [0.717, 1.165) is 7.11 Å². The van der Waals surface area contributed by atoms with Gasteiger partial charge in [-0.1, -0.05) is 12.1 Å². The summed E-state index contributed by atoms with van der Waals surface area (Å²) in [5, 5.41) is 20.1. The fraction of sp³-hybridized carbons (Fsp3) is 0.471. The summed E-state index contributed by atoms with van der Waals surface area (Å²) in [4.78, 5) is 36.9. The van der Waals surface area contributed by atoms with Gasteiger partial charge in [-0.25, -0.2) is 0 Å². The zero-order chi connectivity index (χ0) is 18.1. The highest BCUT2D eigenvalue weighted by Crippen LogP contribution is 2.46. The summed E-state index contributed by atoms with van der Waals surface area (Å²) in [5.74, 6) is -5.33. The van der Waals surface area contributed by atoms with Crippen molar-refractivity contribution in [3.63, 3.8) is 0 Å². The van der Waals surface area contributed by atoms with Crippen LogP contribution < -0.4 is 0 Å². The van der Waals surface area contributed by atoms with E-state index in [9.17, 15) is 24.6 Å². The predicted octanol–water partition coefficient (Wildman–Crippen LogP) is 0.778. The molecule has 1 aromatic rings. The highest BCUT2D eigenvalue weighted by atomic mass is 16.5. The van der Waals surface area contributed by atoms with E-state index in [1.165, 1.54) is 38.3 Å². The minimum Gasteiger partial charge on any atom is -0.508 e. The van der Waals surface area contributed by atoms with E-state index in [2.05, 4.69) is 0 Å². The van der Waals surface area contributed by atoms with Crippen LogP contribution in [0.25, 0.3) is 0 Å². The predicted molar refractivity (Wildman–Crippen MR) is 82.1 cm³/mol. The number of benzene rings is 1. The molecular formula is C17H20O7. The Balaban J connectivity index is 2.63. The standard InChI is InChI=1S/C17H20O7/c1-17(22)8-11(19)13(15(20)23-2)12(14(17)16(21)24-3)9-4-6-10(18)7-5-9/h4-7,12-14,18,22H,8H2,1-3H3/t12-,13+,14+,17-/m0/s1. The maximum absolute atomic E-state index is 12.5. The van der Waals surface area contributed by atoms with Gasteiger partial charge >= 0.3 is 11.9 Å². The number of phenols is 1. The van der Waals surface area contributed by atoms with E-state index in [-0.39, 0.29) is 12.2 Å². The van der Waals surface area contributed by atoms with Crippen molar-refractivity contribution in [2.45, 2.75) is 24.9 Å². The van der Waals surface area contributed by atoms with Gasteiger partial charge in [0.1, 0.15) is 11.7 Å². The van der Waals surface area contributed by atoms with Gasteiger partial charge in [-0.3, -0.25) is 14.4 Å². The number of carbonyl (C=O) groups excluding carboxylic acids is 3. The van der Waals surface area contributed by atoms with E-state index in [1.807, 2.05) is 0 Å². The number of aliphatic hydroxyl groups is 1. The minimum atomic E-state index is -1.67. The SMILES string of the molecule is COC(=O)[C@@H]1C(=O)C[C@](C)(O)[C@@H](C(=O)OC)[C@H]1c1ccc(O)cc1. The van der Waals surface area contributed by atoms with Crippen molar-refractivity contribution in [1.29, 1.82) is 0 Å². The Kier molecular flexibility index (Phi) is 4.94. The van der Waals surface area contributed by atoms with Crippen molar-refractivity contribution in [3.8, 4) is 5.75 Å². The van der Waals surface area contributed by atoms with Crippen LogP contribution in [0.2, 0.25) is 0 Å². The maximum atomic E-state index is 12.5. The summed E-state index contributed by atoms with van der Waals surface area (Å²) < 4.78 is 9.51. The second kappa shape index (κ2) is 6.60. The Labute approximate surface area is 139 Å². The lowest BCUT2D eigenvalue weighted by Gasteiger charge is -2.43. The molecule has 7 nitrogen and oxygen atoms in total. The average molecular weight is 336 g/mol. The second-order valence-electron chi connectivity index (χ2n) is 6.12. The zero-order valence-electron chi connectivity index (χ0n) is 13.7. The number of carbonyl (C=O) groups is 3. The average Bonchev–Trinajstić information content (AvgIpc) is 2.53. The summed E-state index contributed by atoms with van der Waals surface area (Å²) in [6.45, 7) is 1.37. The van der Waals surface area contributed by atoms with Gasteiger partial charge in [0.2, 0.25) is 0 Å². The molecule has 1 fully saturated rings. The lowest BCUT2D eigenvalue weighted by Crippen LogP contribution is -2.55. The van der Waals surface area contributed by atoms with Crippen molar-refractivity contribution in [3.05, 3.63) is 29.8 Å². The van der Waals surface area contributed by atoms with Gasteiger partial charge in [0.25, 0.3) is 0 Å². The monoisotopic (exact) mass is 336 g/mol. The molecule has 0 aliphatic heterocycles. The molecule has 0 spiro atoms. The van der Waals surface area contributed by atoms with Gasteiger partial charge in [0, 0.05) is 12.3 Å². The summed E-state index contributed by atoms with van der Waals surface area (Å²) in [7, 11) is 2.33. The fourth-order valence-corrected chi connectivity index (χ4v) is 3.37. The molecule has 0 aromatic heterocycles. The topological polar surface area (TPSA) is 110 Å². The molecule has 130 valence electrons. The third kappa shape index (κ3) is 3.12. The van der Waals surface area contributed by atoms with Crippen LogP contribution in [0.15, 0.2) is 24.3 Å². The Morgan fingerprint density at radius 2 is 1.67 bits per heavy atom. The molecule has 1 aromatic carbocycles. The van der Waals surface area contributed by atoms with Crippen LogP contribution in [0.5, 0.6) is 5.75 Å². The van der Waals surface area contributed by atoms with Gasteiger partial charge in [0.15, 0.2) is 5.78 Å². The highest BCUT2D eigenvalue weighted by Gasteiger charge is 2.56. The number of ether oxygens (including phenoxy) is 2. The molecule has 0 heterocycles. The molecule has 0 unspecified atom stereocenters. The summed E-state index contributed by atoms with van der Waals surface area (Å²) in [6.07, 6.45) is -0.360. The first-order chi connectivity index (χ1) is 11.2. The van der Waals surface area contributed by atoms with Crippen LogP contribution in [0.4, 0.5) is 0 Å². The first kappa shape index (κ1) is 17.9. The number of ketones is 1. The molecule has 2 N–H and O–H groups in total. The van der Waals surface area contributed by atoms with Crippen LogP contribution >= 0.6 is 0 Å². The molecule has 24 heavy (non-hydrogen) atoms. The number of phenolic OH excluding ortho intramolecular Hbond substituents is 1. The molecule has 7 heteroatoms. The van der Waals surface area contributed by atoms with E-state index in [1.54, 1.807) is 0 Å². The number of esters is 2. The summed E-state index contributed by atoms with van der Waals surface area (Å²) >= 11 is 0. The minimum absolute atomic E-state index is 0.00289. The molecule has 1 saturated carbocycles. The molecule has 0 amide bonds. The Bertz CT molecular complexity index is 647. The zero-order valence-corrected chi connectivity index (χ0v) is 13.7. The Morgan fingerprint density at radius 3 is 2.17 bits per heavy atom. The third-order valence-electron chi connectivity index (χ3n) is 4.46. The third-order valence-corrected chi connectivity index (χ3v) is 4.46. The number of rotatable bonds is 3. The van der Waals surface area contributed by atoms with Crippen molar-refractivity contribution < 1.29 is 34.1 Å². The lowest BCUT2D eigenvalue weighted by atomic mass is 9.62. The molecule has 4 atom stereocenters. The van der Waals surface area contributed by atoms with Gasteiger partial charge in [-0.15, -0.1) is 0 Å². The number of methoxy groups -OCH3 is 2. The summed E-state index contributed by atoms with van der Waals surface area (Å²) in [6, 6.07) is 5.76. The molecule has 1 aliphatic carbocycles. The van der Waals surface area contributed by atoms with E-state index in [4.69, 9.17) is 9.47 Å². The van der Waals surface area contributed by atoms with Crippen molar-refractivity contribution >= 4 is 17.7 Å². The van der Waals surface area contributed by atoms with Gasteiger partial charge in [0.05, 0.1) is 25.7 Å². The second-order valence-corrected chi connectivity index (χ2v) is 6.12.